The second kappa shape index (κ2) is 4.53. The van der Waals surface area contributed by atoms with Gasteiger partial charge < -0.3 is 4.74 Å². The van der Waals surface area contributed by atoms with E-state index in [2.05, 4.69) is 15.9 Å². The summed E-state index contributed by atoms with van der Waals surface area (Å²) in [5, 5.41) is 0. The Hall–Kier alpha value is -0.670. The van der Waals surface area contributed by atoms with Crippen LogP contribution in [0.3, 0.4) is 0 Å². The van der Waals surface area contributed by atoms with Crippen molar-refractivity contribution in [3.05, 3.63) is 34.3 Å². The molecule has 0 heterocycles. The number of hydrogen-bond acceptors (Lipinski definition) is 2. The highest BCUT2D eigenvalue weighted by Gasteiger charge is 2.15. The first kappa shape index (κ1) is 10.4. The smallest absolute Gasteiger partial charge is 0.163 e. The van der Waals surface area contributed by atoms with Crippen molar-refractivity contribution in [1.82, 2.24) is 0 Å². The van der Waals surface area contributed by atoms with Crippen LogP contribution in [0.4, 0.5) is 0 Å². The minimum absolute atomic E-state index is 0.0144. The fourth-order valence-corrected chi connectivity index (χ4v) is 1.62. The highest BCUT2D eigenvalue weighted by atomic mass is 79.9. The molecule has 70 valence electrons. The lowest BCUT2D eigenvalue weighted by atomic mass is 10.1. The summed E-state index contributed by atoms with van der Waals surface area (Å²) in [5.74, 6) is 0.0144. The van der Waals surface area contributed by atoms with Gasteiger partial charge in [0.1, 0.15) is 6.10 Å². The van der Waals surface area contributed by atoms with E-state index in [0.29, 0.717) is 0 Å². The molecule has 0 saturated carbocycles. The molecule has 0 aromatic heterocycles. The number of halogens is 1. The van der Waals surface area contributed by atoms with Gasteiger partial charge in [0.2, 0.25) is 0 Å². The van der Waals surface area contributed by atoms with Crippen molar-refractivity contribution in [3.63, 3.8) is 0 Å². The molecular weight excluding hydrogens is 232 g/mol. The summed E-state index contributed by atoms with van der Waals surface area (Å²) in [7, 11) is 1.53. The van der Waals surface area contributed by atoms with E-state index in [1.54, 1.807) is 0 Å². The number of Topliss-reactive ketones (excluding diaryl/α,β-unsaturated/α-hetero) is 1. The van der Waals surface area contributed by atoms with E-state index in [1.165, 1.54) is 14.0 Å². The average Bonchev–Trinajstić information content (AvgIpc) is 2.04. The Morgan fingerprint density at radius 1 is 1.54 bits per heavy atom. The molecular formula is C10H11BrO2. The highest BCUT2D eigenvalue weighted by Crippen LogP contribution is 2.21. The molecule has 1 aromatic rings. The number of carbonyl (C=O) groups excluding carboxylic acids is 1. The molecule has 13 heavy (non-hydrogen) atoms. The van der Waals surface area contributed by atoms with Crippen LogP contribution in [0, 0.1) is 0 Å². The van der Waals surface area contributed by atoms with Crippen LogP contribution in [0.5, 0.6) is 0 Å². The lowest BCUT2D eigenvalue weighted by Crippen LogP contribution is -2.10. The molecule has 1 unspecified atom stereocenters. The van der Waals surface area contributed by atoms with Crippen LogP contribution in [0.25, 0.3) is 0 Å². The molecule has 0 aliphatic rings. The van der Waals surface area contributed by atoms with Gasteiger partial charge in [-0.15, -0.1) is 0 Å². The Kier molecular flexibility index (Phi) is 3.63. The molecule has 0 spiro atoms. The molecule has 3 heteroatoms. The zero-order valence-corrected chi connectivity index (χ0v) is 9.17. The summed E-state index contributed by atoms with van der Waals surface area (Å²) < 4.78 is 6.03. The van der Waals surface area contributed by atoms with Gasteiger partial charge in [-0.05, 0) is 24.6 Å². The molecule has 0 aliphatic carbocycles. The zero-order valence-electron chi connectivity index (χ0n) is 7.58. The molecule has 2 nitrogen and oxygen atoms in total. The Balaban J connectivity index is 2.98. The van der Waals surface area contributed by atoms with E-state index in [-0.39, 0.29) is 5.78 Å². The largest absolute Gasteiger partial charge is 0.369 e. The van der Waals surface area contributed by atoms with Gasteiger partial charge in [-0.3, -0.25) is 4.79 Å². The summed E-state index contributed by atoms with van der Waals surface area (Å²) in [5.41, 5.74) is 0.879. The second-order valence-electron chi connectivity index (χ2n) is 2.78. The molecule has 1 rings (SSSR count). The molecule has 0 saturated heterocycles. The monoisotopic (exact) mass is 242 g/mol. The summed E-state index contributed by atoms with van der Waals surface area (Å²) in [6.45, 7) is 1.52. The predicted molar refractivity (Wildman–Crippen MR) is 54.6 cm³/mol. The van der Waals surface area contributed by atoms with Crippen molar-refractivity contribution in [3.8, 4) is 0 Å². The maximum absolute atomic E-state index is 11.1. The van der Waals surface area contributed by atoms with Gasteiger partial charge in [0.25, 0.3) is 0 Å². The molecule has 0 bridgehead atoms. The fourth-order valence-electron chi connectivity index (χ4n) is 1.21. The molecule has 0 radical (unpaired) electrons. The van der Waals surface area contributed by atoms with Crippen LogP contribution in [-0.2, 0) is 9.53 Å². The molecule has 0 N–H and O–H groups in total. The van der Waals surface area contributed by atoms with Gasteiger partial charge in [0.05, 0.1) is 0 Å². The predicted octanol–water partition coefficient (Wildman–Crippen LogP) is 2.73. The van der Waals surface area contributed by atoms with Gasteiger partial charge in [0.15, 0.2) is 5.78 Å². The second-order valence-corrected chi connectivity index (χ2v) is 3.70. The minimum atomic E-state index is -0.447. The third-order valence-corrected chi connectivity index (χ3v) is 2.25. The van der Waals surface area contributed by atoms with Crippen LogP contribution < -0.4 is 0 Å². The summed E-state index contributed by atoms with van der Waals surface area (Å²) in [4.78, 5) is 11.1. The first-order valence-corrected chi connectivity index (χ1v) is 4.73. The van der Waals surface area contributed by atoms with Crippen LogP contribution in [0.1, 0.15) is 18.6 Å². The Morgan fingerprint density at radius 2 is 2.23 bits per heavy atom. The van der Waals surface area contributed by atoms with Gasteiger partial charge in [0, 0.05) is 11.6 Å². The number of ether oxygens (including phenoxy) is 1. The SMILES string of the molecule is COC(C(C)=O)c1cccc(Br)c1. The van der Waals surface area contributed by atoms with Crippen LogP contribution >= 0.6 is 15.9 Å². The Morgan fingerprint density at radius 3 is 2.69 bits per heavy atom. The van der Waals surface area contributed by atoms with Gasteiger partial charge >= 0.3 is 0 Å². The van der Waals surface area contributed by atoms with Crippen LogP contribution in [0.2, 0.25) is 0 Å². The van der Waals surface area contributed by atoms with Gasteiger partial charge in [-0.2, -0.15) is 0 Å². The minimum Gasteiger partial charge on any atom is -0.369 e. The lowest BCUT2D eigenvalue weighted by molar-refractivity contribution is -0.126. The van der Waals surface area contributed by atoms with Crippen molar-refractivity contribution in [1.29, 1.82) is 0 Å². The maximum Gasteiger partial charge on any atom is 0.163 e. The molecule has 0 amide bonds. The van der Waals surface area contributed by atoms with Crippen molar-refractivity contribution in [2.24, 2.45) is 0 Å². The normalized spacial score (nSPS) is 12.5. The van der Waals surface area contributed by atoms with Crippen LogP contribution in [-0.4, -0.2) is 12.9 Å². The van der Waals surface area contributed by atoms with Crippen molar-refractivity contribution < 1.29 is 9.53 Å². The van der Waals surface area contributed by atoms with E-state index in [9.17, 15) is 4.79 Å². The third kappa shape index (κ3) is 2.64. The van der Waals surface area contributed by atoms with Crippen molar-refractivity contribution in [2.45, 2.75) is 13.0 Å². The first-order valence-electron chi connectivity index (χ1n) is 3.94. The molecule has 0 fully saturated rings. The number of hydrogen-bond donors (Lipinski definition) is 0. The number of methoxy groups -OCH3 is 1. The highest BCUT2D eigenvalue weighted by molar-refractivity contribution is 9.10. The van der Waals surface area contributed by atoms with Crippen LogP contribution in [0.15, 0.2) is 28.7 Å². The van der Waals surface area contributed by atoms with Crippen molar-refractivity contribution in [2.75, 3.05) is 7.11 Å². The summed E-state index contributed by atoms with van der Waals surface area (Å²) in [6.07, 6.45) is -0.447. The quantitative estimate of drug-likeness (QED) is 0.815. The average molecular weight is 243 g/mol. The topological polar surface area (TPSA) is 26.3 Å². The van der Waals surface area contributed by atoms with Gasteiger partial charge in [-0.25, -0.2) is 0 Å². The summed E-state index contributed by atoms with van der Waals surface area (Å²) >= 11 is 3.34. The molecule has 1 atom stereocenters. The number of benzene rings is 1. The number of ketones is 1. The van der Waals surface area contributed by atoms with Crippen molar-refractivity contribution >= 4 is 21.7 Å². The van der Waals surface area contributed by atoms with E-state index in [0.717, 1.165) is 10.0 Å². The maximum atomic E-state index is 11.1. The molecule has 0 aliphatic heterocycles. The first-order chi connectivity index (χ1) is 6.15. The fraction of sp³-hybridized carbons (Fsp3) is 0.300. The van der Waals surface area contributed by atoms with E-state index in [1.807, 2.05) is 24.3 Å². The zero-order chi connectivity index (χ0) is 9.84. The van der Waals surface area contributed by atoms with E-state index in [4.69, 9.17) is 4.74 Å². The molecule has 1 aromatic carbocycles. The lowest BCUT2D eigenvalue weighted by Gasteiger charge is -2.11. The van der Waals surface area contributed by atoms with Gasteiger partial charge in [-0.1, -0.05) is 28.1 Å². The van der Waals surface area contributed by atoms with E-state index < -0.39 is 6.10 Å². The Labute approximate surface area is 86.0 Å². The summed E-state index contributed by atoms with van der Waals surface area (Å²) in [6, 6.07) is 7.56. The Bertz CT molecular complexity index is 310. The van der Waals surface area contributed by atoms with E-state index >= 15 is 0 Å². The standard InChI is InChI=1S/C10H11BrO2/c1-7(12)10(13-2)8-4-3-5-9(11)6-8/h3-6,10H,1-2H3. The number of carbonyl (C=O) groups is 1. The third-order valence-electron chi connectivity index (χ3n) is 1.76. The number of rotatable bonds is 3.